The quantitative estimate of drug-likeness (QED) is 0.301. The Labute approximate surface area is 201 Å². The van der Waals surface area contributed by atoms with Gasteiger partial charge in [0.15, 0.2) is 16.7 Å². The molecule has 33 heavy (non-hydrogen) atoms. The number of hydrogen-bond donors (Lipinski definition) is 2. The van der Waals surface area contributed by atoms with Crippen molar-refractivity contribution in [2.24, 2.45) is 5.92 Å². The minimum Gasteiger partial charge on any atom is -0.494 e. The highest BCUT2D eigenvalue weighted by Gasteiger charge is 2.20. The number of hydrogen-bond acceptors (Lipinski definition) is 5. The molecule has 4 rings (SSSR count). The summed E-state index contributed by atoms with van der Waals surface area (Å²) in [6.45, 7) is 2.00. The van der Waals surface area contributed by atoms with Gasteiger partial charge < -0.3 is 9.72 Å². The zero-order chi connectivity index (χ0) is 23.4. The van der Waals surface area contributed by atoms with Gasteiger partial charge in [0.2, 0.25) is 0 Å². The zero-order valence-electron chi connectivity index (χ0n) is 18.8. The number of halogens is 2. The molecule has 0 amide bonds. The number of ether oxygens (including phenoxy) is 1. The molecule has 1 aliphatic carbocycles. The molecule has 0 saturated heterocycles. The van der Waals surface area contributed by atoms with E-state index in [0.29, 0.717) is 45.2 Å². The third-order valence-corrected chi connectivity index (χ3v) is 7.50. The summed E-state index contributed by atoms with van der Waals surface area (Å²) in [6, 6.07) is 4.60. The summed E-state index contributed by atoms with van der Waals surface area (Å²) in [7, 11) is 1.42. The Morgan fingerprint density at radius 3 is 2.76 bits per heavy atom. The molecule has 1 saturated carbocycles. The number of methoxy groups -OCH3 is 1. The van der Waals surface area contributed by atoms with Crippen molar-refractivity contribution in [2.45, 2.75) is 62.8 Å². The fraction of sp³-hybridized carbons (Fsp3) is 0.458. The molecule has 0 unspecified atom stereocenters. The molecule has 9 heteroatoms. The van der Waals surface area contributed by atoms with E-state index in [9.17, 15) is 9.18 Å². The lowest BCUT2D eigenvalue weighted by atomic mass is 9.85. The third-order valence-electron chi connectivity index (χ3n) is 6.19. The Hall–Kier alpha value is -2.32. The van der Waals surface area contributed by atoms with Gasteiger partial charge in [-0.1, -0.05) is 62.4 Å². The van der Waals surface area contributed by atoms with E-state index in [1.807, 2.05) is 6.92 Å². The minimum absolute atomic E-state index is 0.0640. The minimum atomic E-state index is -0.478. The first-order chi connectivity index (χ1) is 16.0. The van der Waals surface area contributed by atoms with Crippen molar-refractivity contribution in [3.63, 3.8) is 0 Å². The number of aromatic nitrogens is 4. The van der Waals surface area contributed by atoms with Crippen LogP contribution in [0.1, 0.15) is 56.0 Å². The van der Waals surface area contributed by atoms with Gasteiger partial charge >= 0.3 is 0 Å². The van der Waals surface area contributed by atoms with Crippen LogP contribution in [0.3, 0.4) is 0 Å². The lowest BCUT2D eigenvalue weighted by Gasteiger charge is -2.22. The summed E-state index contributed by atoms with van der Waals surface area (Å²) >= 11 is 7.94. The normalized spacial score (nSPS) is 14.5. The van der Waals surface area contributed by atoms with Crippen LogP contribution in [0, 0.1) is 11.7 Å². The van der Waals surface area contributed by atoms with E-state index in [2.05, 4.69) is 15.2 Å². The average molecular weight is 491 g/mol. The number of nitrogens with zero attached hydrogens (tertiary/aromatic N) is 2. The lowest BCUT2D eigenvalue weighted by Crippen LogP contribution is -2.21. The van der Waals surface area contributed by atoms with E-state index in [0.717, 1.165) is 17.7 Å². The topological polar surface area (TPSA) is 83.7 Å². The first-order valence-electron chi connectivity index (χ1n) is 11.3. The van der Waals surface area contributed by atoms with Crippen LogP contribution in [0.5, 0.6) is 5.75 Å². The van der Waals surface area contributed by atoms with Crippen LogP contribution in [0.25, 0.3) is 11.3 Å². The Bertz CT molecular complexity index is 1170. The maximum Gasteiger partial charge on any atom is 0.254 e. The summed E-state index contributed by atoms with van der Waals surface area (Å²) in [5, 5.41) is 8.19. The summed E-state index contributed by atoms with van der Waals surface area (Å²) in [6.07, 6.45) is 7.77. The molecule has 1 aliphatic rings. The molecule has 0 bridgehead atoms. The fourth-order valence-electron chi connectivity index (χ4n) is 4.39. The van der Waals surface area contributed by atoms with Crippen molar-refractivity contribution in [3.05, 3.63) is 56.3 Å². The average Bonchev–Trinajstić information content (AvgIpc) is 3.18. The van der Waals surface area contributed by atoms with E-state index in [4.69, 9.17) is 21.3 Å². The van der Waals surface area contributed by atoms with Gasteiger partial charge in [0.1, 0.15) is 5.69 Å². The Balaban J connectivity index is 1.51. The van der Waals surface area contributed by atoms with Crippen molar-refractivity contribution < 1.29 is 9.13 Å². The molecule has 2 heterocycles. The van der Waals surface area contributed by atoms with Crippen LogP contribution in [0.2, 0.25) is 5.02 Å². The molecule has 0 atom stereocenters. The molecule has 2 N–H and O–H groups in total. The van der Waals surface area contributed by atoms with E-state index in [-0.39, 0.29) is 11.3 Å². The van der Waals surface area contributed by atoms with Gasteiger partial charge in [-0.3, -0.25) is 9.89 Å². The summed E-state index contributed by atoms with van der Waals surface area (Å²) in [5.41, 5.74) is 3.35. The van der Waals surface area contributed by atoms with Crippen molar-refractivity contribution in [3.8, 4) is 17.0 Å². The number of nitrogens with one attached hydrogen (secondary N) is 2. The maximum atomic E-state index is 14.1. The lowest BCUT2D eigenvalue weighted by molar-refractivity contribution is 0.352. The molecule has 1 aromatic carbocycles. The monoisotopic (exact) mass is 490 g/mol. The molecule has 176 valence electrons. The summed E-state index contributed by atoms with van der Waals surface area (Å²) in [5.74, 6) is 0.733. The number of H-pyrrole nitrogens is 2. The van der Waals surface area contributed by atoms with Gasteiger partial charge in [0, 0.05) is 16.9 Å². The van der Waals surface area contributed by atoms with Crippen molar-refractivity contribution >= 4 is 23.4 Å². The predicted octanol–water partition coefficient (Wildman–Crippen LogP) is 5.94. The van der Waals surface area contributed by atoms with E-state index in [1.54, 1.807) is 12.1 Å². The fourth-order valence-corrected chi connectivity index (χ4v) is 5.56. The second-order valence-corrected chi connectivity index (χ2v) is 9.70. The molecule has 0 spiro atoms. The smallest absolute Gasteiger partial charge is 0.254 e. The highest BCUT2D eigenvalue weighted by molar-refractivity contribution is 7.98. The number of thioether (sulfide) groups is 1. The Kier molecular flexibility index (Phi) is 7.75. The second-order valence-electron chi connectivity index (χ2n) is 8.36. The SMILES string of the molecule is CCc1c(CC2CCCCC2)nc(SCc2[nH]nc(-c3ccc(OC)c(F)c3)c2Cl)[nH]c1=O. The highest BCUT2D eigenvalue weighted by Crippen LogP contribution is 2.33. The van der Waals surface area contributed by atoms with Crippen LogP contribution in [0.15, 0.2) is 28.2 Å². The van der Waals surface area contributed by atoms with Crippen LogP contribution in [-0.4, -0.2) is 27.3 Å². The first kappa shape index (κ1) is 23.8. The van der Waals surface area contributed by atoms with Crippen LogP contribution in [-0.2, 0) is 18.6 Å². The number of benzene rings is 1. The van der Waals surface area contributed by atoms with Crippen molar-refractivity contribution in [2.75, 3.05) is 7.11 Å². The van der Waals surface area contributed by atoms with Gasteiger partial charge in [-0.2, -0.15) is 5.10 Å². The second kappa shape index (κ2) is 10.7. The van der Waals surface area contributed by atoms with E-state index in [1.165, 1.54) is 57.0 Å². The van der Waals surface area contributed by atoms with Crippen LogP contribution >= 0.6 is 23.4 Å². The maximum absolute atomic E-state index is 14.1. The largest absolute Gasteiger partial charge is 0.494 e. The number of rotatable bonds is 8. The molecular formula is C24H28ClFN4O2S. The van der Waals surface area contributed by atoms with Gasteiger partial charge in [0.05, 0.1) is 23.5 Å². The first-order valence-corrected chi connectivity index (χ1v) is 12.7. The molecule has 3 aromatic rings. The molecule has 2 aromatic heterocycles. The predicted molar refractivity (Wildman–Crippen MR) is 130 cm³/mol. The van der Waals surface area contributed by atoms with Crippen molar-refractivity contribution in [1.29, 1.82) is 0 Å². The molecule has 1 fully saturated rings. The zero-order valence-corrected chi connectivity index (χ0v) is 20.4. The van der Waals surface area contributed by atoms with E-state index < -0.39 is 5.82 Å². The number of aromatic amines is 2. The Morgan fingerprint density at radius 2 is 2.06 bits per heavy atom. The van der Waals surface area contributed by atoms with Crippen LogP contribution in [0.4, 0.5) is 4.39 Å². The standard InChI is InChI=1S/C24H28ClFN4O2S/c1-3-16-18(11-14-7-5-4-6-8-14)27-24(28-23(16)31)33-13-19-21(25)22(30-29-19)15-9-10-20(32-2)17(26)12-15/h9-10,12,14H,3-8,11,13H2,1-2H3,(H,29,30)(H,27,28,31). The van der Waals surface area contributed by atoms with Crippen molar-refractivity contribution in [1.82, 2.24) is 20.2 Å². The highest BCUT2D eigenvalue weighted by atomic mass is 35.5. The Morgan fingerprint density at radius 1 is 1.27 bits per heavy atom. The summed E-state index contributed by atoms with van der Waals surface area (Å²) in [4.78, 5) is 20.4. The summed E-state index contributed by atoms with van der Waals surface area (Å²) < 4.78 is 19.1. The van der Waals surface area contributed by atoms with Gasteiger partial charge in [0.25, 0.3) is 5.56 Å². The molecule has 6 nitrogen and oxygen atoms in total. The third kappa shape index (κ3) is 5.44. The van der Waals surface area contributed by atoms with Gasteiger partial charge in [-0.25, -0.2) is 9.37 Å². The molecule has 0 radical (unpaired) electrons. The van der Waals surface area contributed by atoms with Gasteiger partial charge in [-0.05, 0) is 37.0 Å². The van der Waals surface area contributed by atoms with Crippen LogP contribution < -0.4 is 10.3 Å². The molecule has 0 aliphatic heterocycles. The van der Waals surface area contributed by atoms with Gasteiger partial charge in [-0.15, -0.1) is 0 Å². The molecular weight excluding hydrogens is 463 g/mol. The van der Waals surface area contributed by atoms with E-state index >= 15 is 0 Å².